The lowest BCUT2D eigenvalue weighted by Gasteiger charge is -2.34. The number of ether oxygens (including phenoxy) is 3. The first-order chi connectivity index (χ1) is 20.0. The molecule has 1 saturated heterocycles. The highest BCUT2D eigenvalue weighted by Crippen LogP contribution is 2.35. The maximum Gasteiger partial charge on any atom is 0.342 e. The van der Waals surface area contributed by atoms with Gasteiger partial charge in [-0.05, 0) is 50.2 Å². The third-order valence-electron chi connectivity index (χ3n) is 6.63. The largest absolute Gasteiger partial charge is 0.493 e. The Balaban J connectivity index is 1.62. The summed E-state index contributed by atoms with van der Waals surface area (Å²) in [6.07, 6.45) is 0. The number of benzene rings is 2. The van der Waals surface area contributed by atoms with Gasteiger partial charge in [-0.1, -0.05) is 0 Å². The summed E-state index contributed by atoms with van der Waals surface area (Å²) in [4.78, 5) is 35.0. The first-order valence-corrected chi connectivity index (χ1v) is 14.5. The van der Waals surface area contributed by atoms with E-state index in [9.17, 15) is 22.4 Å². The number of sulfonamides is 1. The number of hydrogen-bond acceptors (Lipinski definition) is 10. The second-order valence-corrected chi connectivity index (χ2v) is 11.3. The number of aryl methyl sites for hydroxylation is 1. The molecule has 4 rings (SSSR count). The van der Waals surface area contributed by atoms with E-state index >= 15 is 0 Å². The minimum Gasteiger partial charge on any atom is -0.493 e. The number of hydrogen-bond donors (Lipinski definition) is 1. The summed E-state index contributed by atoms with van der Waals surface area (Å²) in [6.45, 7) is 5.46. The summed E-state index contributed by atoms with van der Waals surface area (Å²) in [5, 5.41) is 2.32. The Morgan fingerprint density at radius 3 is 2.29 bits per heavy atom. The van der Waals surface area contributed by atoms with Gasteiger partial charge >= 0.3 is 5.97 Å². The molecule has 1 amide bonds. The van der Waals surface area contributed by atoms with Crippen LogP contribution in [0.15, 0.2) is 41.3 Å². The van der Waals surface area contributed by atoms with Gasteiger partial charge in [0.15, 0.2) is 11.5 Å². The molecule has 0 radical (unpaired) electrons. The Morgan fingerprint density at radius 1 is 1.00 bits per heavy atom. The standard InChI is InChI=1S/C28H32FN5O7S/c1-6-41-27(36)25-17(2)30-28(32-26(25)19-7-10-23(39-4)24(15-19)40-5)33-11-13-34(14-12-33)42(37,38)20-8-9-22(21(29)16-20)31-18(3)35/h7-10,15-16H,6,11-14H2,1-5H3,(H,31,35). The molecule has 14 heteroatoms. The molecule has 0 unspecified atom stereocenters. The highest BCUT2D eigenvalue weighted by molar-refractivity contribution is 7.89. The number of amides is 1. The number of carbonyl (C=O) groups excluding carboxylic acids is 2. The van der Waals surface area contributed by atoms with Gasteiger partial charge in [0.25, 0.3) is 0 Å². The van der Waals surface area contributed by atoms with E-state index in [2.05, 4.69) is 10.3 Å². The van der Waals surface area contributed by atoms with Crippen LogP contribution in [0.1, 0.15) is 29.9 Å². The Kier molecular flexibility index (Phi) is 9.27. The molecule has 0 atom stereocenters. The quantitative estimate of drug-likeness (QED) is 0.364. The van der Waals surface area contributed by atoms with Crippen LogP contribution in [-0.4, -0.2) is 81.6 Å². The summed E-state index contributed by atoms with van der Waals surface area (Å²) in [5.41, 5.74) is 1.41. The van der Waals surface area contributed by atoms with Gasteiger partial charge in [0.2, 0.25) is 21.9 Å². The summed E-state index contributed by atoms with van der Waals surface area (Å²) >= 11 is 0. The minimum atomic E-state index is -4.01. The number of rotatable bonds is 9. The van der Waals surface area contributed by atoms with E-state index in [1.807, 2.05) is 4.90 Å². The second-order valence-electron chi connectivity index (χ2n) is 9.34. The average molecular weight is 602 g/mol. The van der Waals surface area contributed by atoms with E-state index in [0.29, 0.717) is 34.4 Å². The number of aromatic nitrogens is 2. The average Bonchev–Trinajstić information content (AvgIpc) is 2.97. The Hall–Kier alpha value is -4.30. The topological polar surface area (TPSA) is 140 Å². The van der Waals surface area contributed by atoms with Gasteiger partial charge in [0, 0.05) is 38.7 Å². The second kappa shape index (κ2) is 12.7. The number of esters is 1. The molecule has 1 aliphatic heterocycles. The summed E-state index contributed by atoms with van der Waals surface area (Å²) in [5.74, 6) is -0.622. The van der Waals surface area contributed by atoms with E-state index in [-0.39, 0.29) is 48.9 Å². The van der Waals surface area contributed by atoms with Gasteiger partial charge in [0.05, 0.1) is 42.8 Å². The van der Waals surface area contributed by atoms with E-state index < -0.39 is 27.7 Å². The molecule has 0 bridgehead atoms. The van der Waals surface area contributed by atoms with Crippen molar-refractivity contribution in [1.82, 2.24) is 14.3 Å². The molecular weight excluding hydrogens is 569 g/mol. The molecule has 1 aromatic heterocycles. The molecule has 2 aromatic carbocycles. The van der Waals surface area contributed by atoms with Crippen LogP contribution < -0.4 is 19.7 Å². The summed E-state index contributed by atoms with van der Waals surface area (Å²) < 4.78 is 58.3. The summed E-state index contributed by atoms with van der Waals surface area (Å²) in [7, 11) is -0.984. The number of nitrogens with zero attached hydrogens (tertiary/aromatic N) is 4. The van der Waals surface area contributed by atoms with Crippen LogP contribution in [0.25, 0.3) is 11.3 Å². The van der Waals surface area contributed by atoms with Crippen molar-refractivity contribution < 1.29 is 36.6 Å². The van der Waals surface area contributed by atoms with Gasteiger partial charge < -0.3 is 24.4 Å². The fourth-order valence-electron chi connectivity index (χ4n) is 4.56. The number of nitrogens with one attached hydrogen (secondary N) is 1. The van der Waals surface area contributed by atoms with Crippen molar-refractivity contribution in [3.05, 3.63) is 53.5 Å². The van der Waals surface area contributed by atoms with Crippen LogP contribution >= 0.6 is 0 Å². The van der Waals surface area contributed by atoms with Crippen molar-refractivity contribution in [3.8, 4) is 22.8 Å². The number of methoxy groups -OCH3 is 2. The zero-order valence-corrected chi connectivity index (χ0v) is 24.7. The van der Waals surface area contributed by atoms with Gasteiger partial charge in [-0.15, -0.1) is 0 Å². The van der Waals surface area contributed by atoms with Crippen molar-refractivity contribution in [2.24, 2.45) is 0 Å². The summed E-state index contributed by atoms with van der Waals surface area (Å²) in [6, 6.07) is 8.52. The van der Waals surface area contributed by atoms with Crippen LogP contribution in [0.5, 0.6) is 11.5 Å². The first-order valence-electron chi connectivity index (χ1n) is 13.1. The van der Waals surface area contributed by atoms with Crippen LogP contribution in [0.4, 0.5) is 16.0 Å². The number of piperazine rings is 1. The Bertz CT molecular complexity index is 1610. The first kappa shape index (κ1) is 30.7. The van der Waals surface area contributed by atoms with Crippen molar-refractivity contribution in [3.63, 3.8) is 0 Å². The maximum absolute atomic E-state index is 14.5. The molecule has 1 aliphatic rings. The molecule has 0 spiro atoms. The molecule has 0 saturated carbocycles. The normalized spacial score (nSPS) is 13.9. The maximum atomic E-state index is 14.5. The zero-order valence-electron chi connectivity index (χ0n) is 23.9. The lowest BCUT2D eigenvalue weighted by atomic mass is 10.0. The molecule has 224 valence electrons. The van der Waals surface area contributed by atoms with Crippen molar-refractivity contribution in [2.75, 3.05) is 57.2 Å². The fourth-order valence-corrected chi connectivity index (χ4v) is 6.00. The number of carbonyl (C=O) groups is 2. The molecule has 1 fully saturated rings. The lowest BCUT2D eigenvalue weighted by Crippen LogP contribution is -2.49. The molecular formula is C28H32FN5O7S. The van der Waals surface area contributed by atoms with Crippen LogP contribution in [0, 0.1) is 12.7 Å². The van der Waals surface area contributed by atoms with Gasteiger partial charge in [-0.3, -0.25) is 4.79 Å². The molecule has 3 aromatic rings. The van der Waals surface area contributed by atoms with E-state index in [1.54, 1.807) is 32.0 Å². The third kappa shape index (κ3) is 6.29. The lowest BCUT2D eigenvalue weighted by molar-refractivity contribution is -0.114. The molecule has 1 N–H and O–H groups in total. The predicted molar refractivity (Wildman–Crippen MR) is 153 cm³/mol. The Morgan fingerprint density at radius 2 is 1.69 bits per heavy atom. The van der Waals surface area contributed by atoms with Crippen LogP contribution in [-0.2, 0) is 19.6 Å². The van der Waals surface area contributed by atoms with E-state index in [0.717, 1.165) is 6.07 Å². The monoisotopic (exact) mass is 601 g/mol. The van der Waals surface area contributed by atoms with Gasteiger partial charge in [-0.25, -0.2) is 27.6 Å². The number of halogens is 1. The van der Waals surface area contributed by atoms with Gasteiger partial charge in [0.1, 0.15) is 11.4 Å². The Labute approximate surface area is 243 Å². The predicted octanol–water partition coefficient (Wildman–Crippen LogP) is 3.25. The molecule has 2 heterocycles. The van der Waals surface area contributed by atoms with E-state index in [1.165, 1.54) is 37.6 Å². The number of anilines is 2. The van der Waals surface area contributed by atoms with Crippen LogP contribution in [0.2, 0.25) is 0 Å². The van der Waals surface area contributed by atoms with E-state index in [4.69, 9.17) is 19.2 Å². The third-order valence-corrected chi connectivity index (χ3v) is 8.52. The van der Waals surface area contributed by atoms with Crippen molar-refractivity contribution in [1.29, 1.82) is 0 Å². The van der Waals surface area contributed by atoms with Crippen LogP contribution in [0.3, 0.4) is 0 Å². The molecule has 42 heavy (non-hydrogen) atoms. The van der Waals surface area contributed by atoms with Gasteiger partial charge in [-0.2, -0.15) is 4.31 Å². The zero-order chi connectivity index (χ0) is 30.6. The van der Waals surface area contributed by atoms with Crippen molar-refractivity contribution in [2.45, 2.75) is 25.7 Å². The fraction of sp³-hybridized carbons (Fsp3) is 0.357. The highest BCUT2D eigenvalue weighted by atomic mass is 32.2. The molecule has 12 nitrogen and oxygen atoms in total. The van der Waals surface area contributed by atoms with Crippen molar-refractivity contribution >= 4 is 33.5 Å². The minimum absolute atomic E-state index is 0.0884. The highest BCUT2D eigenvalue weighted by Gasteiger charge is 2.31. The smallest absolute Gasteiger partial charge is 0.342 e. The molecule has 0 aliphatic carbocycles. The SMILES string of the molecule is CCOC(=O)c1c(C)nc(N2CCN(S(=O)(=O)c3ccc(NC(C)=O)c(F)c3)CC2)nc1-c1ccc(OC)c(OC)c1.